The van der Waals surface area contributed by atoms with Crippen molar-refractivity contribution in [1.82, 2.24) is 10.2 Å². The molecule has 0 saturated carbocycles. The first-order valence-electron chi connectivity index (χ1n) is 7.52. The molecule has 0 radical (unpaired) electrons. The molecule has 1 saturated heterocycles. The Morgan fingerprint density at radius 1 is 1.24 bits per heavy atom. The Balaban J connectivity index is 1.96. The van der Waals surface area contributed by atoms with E-state index in [9.17, 15) is 9.59 Å². The lowest BCUT2D eigenvalue weighted by Gasteiger charge is -2.30. The summed E-state index contributed by atoms with van der Waals surface area (Å²) < 4.78 is 0. The molecule has 0 unspecified atom stereocenters. The zero-order valence-corrected chi connectivity index (χ0v) is 13.1. The number of nitrogens with zero attached hydrogens (tertiary/aromatic N) is 1. The van der Waals surface area contributed by atoms with Crippen LogP contribution >= 0.6 is 0 Å². The van der Waals surface area contributed by atoms with E-state index in [0.29, 0.717) is 13.1 Å². The monoisotopic (exact) mass is 288 g/mol. The Bertz CT molecular complexity index is 505. The molecule has 1 fully saturated rings. The van der Waals surface area contributed by atoms with Crippen LogP contribution in [-0.4, -0.2) is 29.3 Å². The lowest BCUT2D eigenvalue weighted by atomic mass is 9.94. The van der Waals surface area contributed by atoms with E-state index in [1.807, 2.05) is 51.1 Å². The molecular weight excluding hydrogens is 264 g/mol. The van der Waals surface area contributed by atoms with Crippen LogP contribution in [0.25, 0.3) is 0 Å². The number of amides is 2. The second-order valence-corrected chi connectivity index (χ2v) is 6.61. The molecule has 1 N–H and O–H groups in total. The van der Waals surface area contributed by atoms with Gasteiger partial charge < -0.3 is 10.2 Å². The number of carbonyl (C=O) groups is 2. The molecule has 2 amide bonds. The van der Waals surface area contributed by atoms with E-state index in [4.69, 9.17) is 0 Å². The fraction of sp³-hybridized carbons (Fsp3) is 0.529. The topological polar surface area (TPSA) is 49.4 Å². The number of carbonyl (C=O) groups excluding carboxylic acids is 2. The zero-order chi connectivity index (χ0) is 15.5. The van der Waals surface area contributed by atoms with Gasteiger partial charge in [0.15, 0.2) is 0 Å². The third kappa shape index (κ3) is 3.84. The second kappa shape index (κ2) is 6.29. The quantitative estimate of drug-likeness (QED) is 0.928. The van der Waals surface area contributed by atoms with Crippen LogP contribution < -0.4 is 5.32 Å². The maximum Gasteiger partial charge on any atom is 0.243 e. The van der Waals surface area contributed by atoms with Crippen LogP contribution in [0.1, 0.15) is 39.2 Å². The van der Waals surface area contributed by atoms with Gasteiger partial charge in [-0.15, -0.1) is 0 Å². The highest BCUT2D eigenvalue weighted by Gasteiger charge is 2.38. The van der Waals surface area contributed by atoms with Gasteiger partial charge in [0.25, 0.3) is 0 Å². The Morgan fingerprint density at radius 2 is 1.90 bits per heavy atom. The van der Waals surface area contributed by atoms with E-state index in [2.05, 4.69) is 5.32 Å². The average Bonchev–Trinajstić information content (AvgIpc) is 2.93. The fourth-order valence-electron chi connectivity index (χ4n) is 2.62. The van der Waals surface area contributed by atoms with Gasteiger partial charge in [-0.3, -0.25) is 9.59 Å². The van der Waals surface area contributed by atoms with Crippen molar-refractivity contribution in [1.29, 1.82) is 0 Å². The minimum absolute atomic E-state index is 0.0473. The lowest BCUT2D eigenvalue weighted by Crippen LogP contribution is -2.49. The molecule has 114 valence electrons. The van der Waals surface area contributed by atoms with Crippen molar-refractivity contribution < 1.29 is 9.59 Å². The van der Waals surface area contributed by atoms with Crippen molar-refractivity contribution in [2.24, 2.45) is 5.41 Å². The zero-order valence-electron chi connectivity index (χ0n) is 13.1. The third-order valence-electron chi connectivity index (χ3n) is 3.77. The number of benzene rings is 1. The summed E-state index contributed by atoms with van der Waals surface area (Å²) in [7, 11) is 0. The SMILES string of the molecule is CC(C)(C)C(=O)N1CCC[C@H]1C(=O)NCc1ccccc1. The van der Waals surface area contributed by atoms with Crippen molar-refractivity contribution in [2.45, 2.75) is 46.2 Å². The van der Waals surface area contributed by atoms with Crippen LogP contribution in [0.5, 0.6) is 0 Å². The number of rotatable bonds is 3. The normalized spacial score (nSPS) is 18.6. The van der Waals surface area contributed by atoms with E-state index in [0.717, 1.165) is 18.4 Å². The molecule has 1 aromatic carbocycles. The van der Waals surface area contributed by atoms with Crippen LogP contribution in [0, 0.1) is 5.41 Å². The van der Waals surface area contributed by atoms with Crippen LogP contribution in [0.3, 0.4) is 0 Å². The van der Waals surface area contributed by atoms with Gasteiger partial charge in [0.2, 0.25) is 11.8 Å². The molecule has 0 spiro atoms. The maximum atomic E-state index is 12.4. The van der Waals surface area contributed by atoms with Crippen molar-refractivity contribution in [3.05, 3.63) is 35.9 Å². The molecule has 0 aromatic heterocycles. The van der Waals surface area contributed by atoms with Gasteiger partial charge in [-0.25, -0.2) is 0 Å². The molecule has 1 aromatic rings. The van der Waals surface area contributed by atoms with Gasteiger partial charge in [-0.2, -0.15) is 0 Å². The van der Waals surface area contributed by atoms with Crippen LogP contribution in [-0.2, 0) is 16.1 Å². The maximum absolute atomic E-state index is 12.4. The van der Waals surface area contributed by atoms with E-state index in [1.165, 1.54) is 0 Å². The number of hydrogen-bond donors (Lipinski definition) is 1. The van der Waals surface area contributed by atoms with E-state index in [1.54, 1.807) is 4.90 Å². The fourth-order valence-corrected chi connectivity index (χ4v) is 2.62. The van der Waals surface area contributed by atoms with Crippen LogP contribution in [0.2, 0.25) is 0 Å². The van der Waals surface area contributed by atoms with Gasteiger partial charge in [0, 0.05) is 18.5 Å². The molecule has 4 heteroatoms. The molecule has 1 aliphatic rings. The first-order chi connectivity index (χ1) is 9.89. The van der Waals surface area contributed by atoms with E-state index >= 15 is 0 Å². The summed E-state index contributed by atoms with van der Waals surface area (Å²) in [6.45, 7) is 6.87. The Hall–Kier alpha value is -1.84. The molecule has 1 aliphatic heterocycles. The second-order valence-electron chi connectivity index (χ2n) is 6.61. The number of nitrogens with one attached hydrogen (secondary N) is 1. The first kappa shape index (κ1) is 15.5. The minimum atomic E-state index is -0.442. The van der Waals surface area contributed by atoms with Crippen molar-refractivity contribution in [2.75, 3.05) is 6.54 Å². The van der Waals surface area contributed by atoms with Gasteiger partial charge in [-0.05, 0) is 18.4 Å². The number of hydrogen-bond acceptors (Lipinski definition) is 2. The van der Waals surface area contributed by atoms with E-state index < -0.39 is 5.41 Å². The van der Waals surface area contributed by atoms with Crippen molar-refractivity contribution in [3.63, 3.8) is 0 Å². The molecule has 4 nitrogen and oxygen atoms in total. The first-order valence-corrected chi connectivity index (χ1v) is 7.52. The largest absolute Gasteiger partial charge is 0.350 e. The molecular formula is C17H24N2O2. The standard InChI is InChI=1S/C17H24N2O2/c1-17(2,3)16(21)19-11-7-10-14(19)15(20)18-12-13-8-5-4-6-9-13/h4-6,8-9,14H,7,10-12H2,1-3H3,(H,18,20)/t14-/m0/s1. The molecule has 1 atom stereocenters. The van der Waals surface area contributed by atoms with E-state index in [-0.39, 0.29) is 17.9 Å². The van der Waals surface area contributed by atoms with Crippen molar-refractivity contribution in [3.8, 4) is 0 Å². The summed E-state index contributed by atoms with van der Waals surface area (Å²) in [5.41, 5.74) is 0.625. The predicted molar refractivity (Wildman–Crippen MR) is 82.5 cm³/mol. The highest BCUT2D eigenvalue weighted by molar-refractivity contribution is 5.90. The minimum Gasteiger partial charge on any atom is -0.350 e. The molecule has 1 heterocycles. The molecule has 0 aliphatic carbocycles. The number of likely N-dealkylation sites (tertiary alicyclic amines) is 1. The third-order valence-corrected chi connectivity index (χ3v) is 3.77. The summed E-state index contributed by atoms with van der Waals surface area (Å²) >= 11 is 0. The summed E-state index contributed by atoms with van der Waals surface area (Å²) in [4.78, 5) is 26.5. The lowest BCUT2D eigenvalue weighted by molar-refractivity contribution is -0.144. The van der Waals surface area contributed by atoms with Gasteiger partial charge in [-0.1, -0.05) is 51.1 Å². The van der Waals surface area contributed by atoms with Gasteiger partial charge in [0.1, 0.15) is 6.04 Å². The summed E-state index contributed by atoms with van der Waals surface area (Å²) in [6, 6.07) is 9.49. The smallest absolute Gasteiger partial charge is 0.243 e. The Morgan fingerprint density at radius 3 is 2.52 bits per heavy atom. The highest BCUT2D eigenvalue weighted by atomic mass is 16.2. The summed E-state index contributed by atoms with van der Waals surface area (Å²) in [5, 5.41) is 2.94. The molecule has 21 heavy (non-hydrogen) atoms. The predicted octanol–water partition coefficient (Wildman–Crippen LogP) is 2.34. The van der Waals surface area contributed by atoms with Gasteiger partial charge in [0.05, 0.1) is 0 Å². The van der Waals surface area contributed by atoms with Crippen LogP contribution in [0.15, 0.2) is 30.3 Å². The van der Waals surface area contributed by atoms with Gasteiger partial charge >= 0.3 is 0 Å². The highest BCUT2D eigenvalue weighted by Crippen LogP contribution is 2.25. The average molecular weight is 288 g/mol. The Kier molecular flexibility index (Phi) is 4.66. The summed E-state index contributed by atoms with van der Waals surface area (Å²) in [5.74, 6) is 0.00816. The van der Waals surface area contributed by atoms with Crippen molar-refractivity contribution >= 4 is 11.8 Å². The van der Waals surface area contributed by atoms with Crippen LogP contribution in [0.4, 0.5) is 0 Å². The Labute approximate surface area is 126 Å². The molecule has 2 rings (SSSR count). The summed E-state index contributed by atoms with van der Waals surface area (Å²) in [6.07, 6.45) is 1.65. The molecule has 0 bridgehead atoms.